The first-order chi connectivity index (χ1) is 40.0. The molecule has 1 spiro atoms. The Hall–Kier alpha value is -6.93. The first kappa shape index (κ1) is 70.6. The molecule has 0 bridgehead atoms. The number of nitrogens with zero attached hydrogens (tertiary/aromatic N) is 10. The Morgan fingerprint density at radius 1 is 0.671 bits per heavy atom. The number of likely N-dealkylation sites (N-methyl/N-ethyl adjacent to an activating group) is 8. The second kappa shape index (κ2) is 32.5. The number of urea groups is 2. The van der Waals surface area contributed by atoms with Crippen LogP contribution in [0.1, 0.15) is 124 Å². The minimum atomic E-state index is -1.57. The van der Waals surface area contributed by atoms with Gasteiger partial charge in [-0.3, -0.25) is 63.0 Å². The van der Waals surface area contributed by atoms with Crippen LogP contribution in [0, 0.1) is 17.8 Å². The highest BCUT2D eigenvalue weighted by Crippen LogP contribution is 2.36. The molecule has 27 nitrogen and oxygen atoms in total. The molecule has 5 atom stereocenters. The van der Waals surface area contributed by atoms with Gasteiger partial charge in [0.05, 0.1) is 26.1 Å². The van der Waals surface area contributed by atoms with Crippen molar-refractivity contribution in [1.82, 2.24) is 64.9 Å². The van der Waals surface area contributed by atoms with E-state index in [1.807, 2.05) is 20.8 Å². The van der Waals surface area contributed by atoms with E-state index in [2.05, 4.69) is 16.0 Å². The van der Waals surface area contributed by atoms with Crippen LogP contribution in [0.5, 0.6) is 0 Å². The van der Waals surface area contributed by atoms with Gasteiger partial charge in [-0.05, 0) is 69.1 Å². The summed E-state index contributed by atoms with van der Waals surface area (Å²) in [6, 6.07) is -6.97. The highest BCUT2D eigenvalue weighted by Gasteiger charge is 2.50. The third-order valence-electron chi connectivity index (χ3n) is 17.1. The molecule has 27 heteroatoms. The summed E-state index contributed by atoms with van der Waals surface area (Å²) in [7, 11) is 12.4. The molecule has 4 aliphatic rings. The number of imide groups is 2. The number of ether oxygens (including phenoxy) is 1. The van der Waals surface area contributed by atoms with Crippen molar-refractivity contribution in [2.75, 3.05) is 122 Å². The normalized spacial score (nSPS) is 24.4. The van der Waals surface area contributed by atoms with Crippen LogP contribution in [0.4, 0.5) is 9.59 Å². The number of amides is 15. The summed E-state index contributed by atoms with van der Waals surface area (Å²) in [6.07, 6.45) is 7.20. The summed E-state index contributed by atoms with van der Waals surface area (Å²) in [5.41, 5.74) is -1.57. The summed E-state index contributed by atoms with van der Waals surface area (Å²) in [5, 5.41) is 7.92. The Morgan fingerprint density at radius 3 is 1.86 bits per heavy atom. The molecular formula is C58H97N13O14. The molecule has 4 fully saturated rings. The van der Waals surface area contributed by atoms with Crippen LogP contribution in [0.25, 0.3) is 0 Å². The standard InChI is InChI=1S/C58H97N13O14/c1-14-39(4)49-53(80)64(8)35-46(75)63(7)36-47(76)68(12)57(84)65(9)33-43(72)59-56(83)71(29-30-85-37-48(77)62(5)6)34-44(73)61-58(25-19-20-26-58)55(82)69(13)50(40-23-17-15-18-24-40)54(81)67(11)42(52(79)70-27-21-16-22-28-70)32-45(74)66(10)41(31-38(2)3)51(78)60-49/h38-42,49-50H,14-37H2,1-13H3,(H,60,78)(H,61,73)(H,59,72,83)/t39-,41-,42-,49-,50?/m0/s1. The third-order valence-corrected chi connectivity index (χ3v) is 17.1. The van der Waals surface area contributed by atoms with E-state index in [9.17, 15) is 52.7 Å². The van der Waals surface area contributed by atoms with Crippen molar-refractivity contribution in [2.24, 2.45) is 17.8 Å². The Bertz CT molecular complexity index is 2420. The lowest BCUT2D eigenvalue weighted by Crippen LogP contribution is -2.64. The summed E-state index contributed by atoms with van der Waals surface area (Å²) in [5.74, 6) is -8.39. The average Bonchev–Trinajstić information content (AvgIpc) is 3.26. The monoisotopic (exact) mass is 1200 g/mol. The maximum Gasteiger partial charge on any atom is 0.326 e. The van der Waals surface area contributed by atoms with E-state index in [1.165, 1.54) is 76.0 Å². The van der Waals surface area contributed by atoms with Crippen LogP contribution < -0.4 is 16.0 Å². The lowest BCUT2D eigenvalue weighted by molar-refractivity contribution is -0.157. The van der Waals surface area contributed by atoms with E-state index in [0.717, 1.165) is 52.3 Å². The molecular weight excluding hydrogens is 1100 g/mol. The molecule has 1 unspecified atom stereocenters. The first-order valence-corrected chi connectivity index (χ1v) is 30.0. The number of rotatable bonds is 11. The molecule has 478 valence electrons. The number of carbonyl (C=O) groups is 13. The quantitative estimate of drug-likeness (QED) is 0.238. The number of hydrogen-bond donors (Lipinski definition) is 3. The average molecular weight is 1200 g/mol. The third kappa shape index (κ3) is 19.3. The Kier molecular flexibility index (Phi) is 27.0. The largest absolute Gasteiger partial charge is 0.370 e. The smallest absolute Gasteiger partial charge is 0.326 e. The van der Waals surface area contributed by atoms with Crippen LogP contribution in [-0.2, 0) is 57.5 Å². The molecule has 2 saturated carbocycles. The van der Waals surface area contributed by atoms with E-state index in [1.54, 1.807) is 11.8 Å². The molecule has 0 aromatic carbocycles. The Balaban J connectivity index is 1.84. The molecule has 0 radical (unpaired) electrons. The molecule has 2 saturated heterocycles. The van der Waals surface area contributed by atoms with Crippen LogP contribution >= 0.6 is 0 Å². The highest BCUT2D eigenvalue weighted by molar-refractivity contribution is 6.02. The molecule has 4 rings (SSSR count). The van der Waals surface area contributed by atoms with Crippen molar-refractivity contribution in [3.05, 3.63) is 0 Å². The van der Waals surface area contributed by atoms with E-state index >= 15 is 9.59 Å². The molecule has 2 aliphatic carbocycles. The number of hydrogen-bond acceptors (Lipinski definition) is 14. The number of likely N-dealkylation sites (tertiary alicyclic amines) is 1. The van der Waals surface area contributed by atoms with Gasteiger partial charge >= 0.3 is 12.1 Å². The lowest BCUT2D eigenvalue weighted by Gasteiger charge is -2.43. The minimum Gasteiger partial charge on any atom is -0.370 e. The molecule has 0 aromatic heterocycles. The van der Waals surface area contributed by atoms with Gasteiger partial charge in [0.2, 0.25) is 65.0 Å². The van der Waals surface area contributed by atoms with Crippen molar-refractivity contribution in [2.45, 2.75) is 154 Å². The summed E-state index contributed by atoms with van der Waals surface area (Å²) < 4.78 is 5.52. The highest BCUT2D eigenvalue weighted by atomic mass is 16.5. The van der Waals surface area contributed by atoms with Crippen molar-refractivity contribution < 1.29 is 67.1 Å². The lowest BCUT2D eigenvalue weighted by atomic mass is 9.81. The second-order valence-corrected chi connectivity index (χ2v) is 24.3. The van der Waals surface area contributed by atoms with Gasteiger partial charge in [0.1, 0.15) is 49.4 Å². The van der Waals surface area contributed by atoms with Crippen molar-refractivity contribution in [3.8, 4) is 0 Å². The van der Waals surface area contributed by atoms with E-state index in [4.69, 9.17) is 4.74 Å². The van der Waals surface area contributed by atoms with Crippen molar-refractivity contribution >= 4 is 77.0 Å². The van der Waals surface area contributed by atoms with Gasteiger partial charge in [-0.2, -0.15) is 0 Å². The van der Waals surface area contributed by atoms with Crippen LogP contribution in [0.15, 0.2) is 0 Å². The maximum atomic E-state index is 15.6. The van der Waals surface area contributed by atoms with Gasteiger partial charge in [0.15, 0.2) is 0 Å². The molecule has 0 aromatic rings. The molecule has 2 aliphatic heterocycles. The predicted octanol–water partition coefficient (Wildman–Crippen LogP) is 0.540. The molecule has 2 heterocycles. The van der Waals surface area contributed by atoms with Gasteiger partial charge in [0, 0.05) is 83.1 Å². The fourth-order valence-electron chi connectivity index (χ4n) is 11.5. The summed E-state index contributed by atoms with van der Waals surface area (Å²) in [6.45, 7) is 4.43. The van der Waals surface area contributed by atoms with Gasteiger partial charge in [-0.25, -0.2) is 9.59 Å². The first-order valence-electron chi connectivity index (χ1n) is 30.0. The number of piperidine rings is 1. The zero-order valence-corrected chi connectivity index (χ0v) is 52.7. The molecule has 3 N–H and O–H groups in total. The van der Waals surface area contributed by atoms with Crippen molar-refractivity contribution in [3.63, 3.8) is 0 Å². The van der Waals surface area contributed by atoms with Crippen LogP contribution in [0.3, 0.4) is 0 Å². The molecule has 85 heavy (non-hydrogen) atoms. The Morgan fingerprint density at radius 2 is 1.27 bits per heavy atom. The van der Waals surface area contributed by atoms with E-state index in [0.29, 0.717) is 62.9 Å². The van der Waals surface area contributed by atoms with Gasteiger partial charge in [0.25, 0.3) is 0 Å². The van der Waals surface area contributed by atoms with Crippen LogP contribution in [0.2, 0.25) is 0 Å². The van der Waals surface area contributed by atoms with Crippen LogP contribution in [-0.4, -0.2) is 278 Å². The summed E-state index contributed by atoms with van der Waals surface area (Å²) in [4.78, 5) is 196. The fraction of sp³-hybridized carbons (Fsp3) is 0.776. The topological polar surface area (TPSA) is 300 Å². The zero-order valence-electron chi connectivity index (χ0n) is 52.7. The maximum absolute atomic E-state index is 15.6. The summed E-state index contributed by atoms with van der Waals surface area (Å²) >= 11 is 0. The van der Waals surface area contributed by atoms with E-state index in [-0.39, 0.29) is 56.8 Å². The number of nitrogens with one attached hydrogen (secondary N) is 3. The zero-order chi connectivity index (χ0) is 63.6. The second-order valence-electron chi connectivity index (χ2n) is 24.3. The van der Waals surface area contributed by atoms with E-state index < -0.39 is 139 Å². The predicted molar refractivity (Wildman–Crippen MR) is 312 cm³/mol. The SMILES string of the molecule is CC[C@H](C)[C@@H]1NC(=O)[C@H](CC(C)C)N(C)C(=O)C[C@@H](C(=O)N2CCCCC2)N(C)C(=O)C(C2CCCCC2)N(C)C(=O)C2(CCCC2)NC(=O)CN(CCOCC(=O)N(C)C)C(=O)NC(=O)CN(C)C(=O)N(C)C(=O)CN(C)C(=O)CN(C)C1=O. The molecule has 15 amide bonds. The van der Waals surface area contributed by atoms with Gasteiger partial charge in [-0.1, -0.05) is 66.2 Å². The Labute approximate surface area is 501 Å². The fourth-order valence-corrected chi connectivity index (χ4v) is 11.5. The van der Waals surface area contributed by atoms with Crippen molar-refractivity contribution in [1.29, 1.82) is 0 Å². The van der Waals surface area contributed by atoms with Gasteiger partial charge < -0.3 is 59.5 Å². The minimum absolute atomic E-state index is 0.138. The van der Waals surface area contributed by atoms with Gasteiger partial charge in [-0.15, -0.1) is 0 Å². The number of carbonyl (C=O) groups excluding carboxylic acids is 13.